The van der Waals surface area contributed by atoms with Gasteiger partial charge in [-0.25, -0.2) is 5.43 Å². The first-order valence-corrected chi connectivity index (χ1v) is 11.9. The lowest BCUT2D eigenvalue weighted by Gasteiger charge is -2.11. The summed E-state index contributed by atoms with van der Waals surface area (Å²) in [5, 5.41) is 24.0. The SMILES string of the molecule is COc1ccc(-c2nnc(SCC(=O)NN=Cc3ccc(C(=O)[O-])cc3)n2-c2ccc(C)cc2)cc1. The Bertz CT molecular complexity index is 1380. The number of hydrogen-bond donors (Lipinski definition) is 1. The molecule has 10 heteroatoms. The van der Waals surface area contributed by atoms with Gasteiger partial charge in [0, 0.05) is 11.3 Å². The number of aromatic carboxylic acids is 1. The number of nitrogens with one attached hydrogen (secondary N) is 1. The molecule has 3 aromatic carbocycles. The van der Waals surface area contributed by atoms with Gasteiger partial charge in [0.25, 0.3) is 5.91 Å². The molecule has 0 aliphatic rings. The second-order valence-electron chi connectivity index (χ2n) is 7.70. The summed E-state index contributed by atoms with van der Waals surface area (Å²) in [4.78, 5) is 23.2. The van der Waals surface area contributed by atoms with Crippen LogP contribution in [0.3, 0.4) is 0 Å². The van der Waals surface area contributed by atoms with Crippen molar-refractivity contribution in [3.05, 3.63) is 89.5 Å². The van der Waals surface area contributed by atoms with Crippen LogP contribution in [0, 0.1) is 6.92 Å². The number of hydrazone groups is 1. The van der Waals surface area contributed by atoms with Crippen molar-refractivity contribution in [2.24, 2.45) is 5.10 Å². The molecule has 0 aliphatic heterocycles. The van der Waals surface area contributed by atoms with Crippen LogP contribution in [0.5, 0.6) is 5.75 Å². The summed E-state index contributed by atoms with van der Waals surface area (Å²) in [5.74, 6) is -0.137. The Morgan fingerprint density at radius 2 is 1.72 bits per heavy atom. The zero-order valence-electron chi connectivity index (χ0n) is 19.5. The molecule has 0 atom stereocenters. The second kappa shape index (κ2) is 11.3. The van der Waals surface area contributed by atoms with Crippen molar-refractivity contribution >= 4 is 29.9 Å². The number of aromatic nitrogens is 3. The van der Waals surface area contributed by atoms with Crippen LogP contribution >= 0.6 is 11.8 Å². The Hall–Kier alpha value is -4.44. The van der Waals surface area contributed by atoms with E-state index < -0.39 is 5.97 Å². The number of ether oxygens (including phenoxy) is 1. The van der Waals surface area contributed by atoms with Gasteiger partial charge in [-0.1, -0.05) is 53.7 Å². The highest BCUT2D eigenvalue weighted by Crippen LogP contribution is 2.29. The summed E-state index contributed by atoms with van der Waals surface area (Å²) in [6.07, 6.45) is 1.43. The molecule has 4 aromatic rings. The minimum absolute atomic E-state index is 0.0631. The third-order valence-electron chi connectivity index (χ3n) is 5.16. The van der Waals surface area contributed by atoms with Gasteiger partial charge in [-0.3, -0.25) is 9.36 Å². The van der Waals surface area contributed by atoms with Crippen molar-refractivity contribution in [2.45, 2.75) is 12.1 Å². The number of thioether (sulfide) groups is 1. The Balaban J connectivity index is 1.48. The molecule has 0 bridgehead atoms. The molecule has 0 spiro atoms. The van der Waals surface area contributed by atoms with E-state index >= 15 is 0 Å². The summed E-state index contributed by atoms with van der Waals surface area (Å²) < 4.78 is 7.15. The maximum atomic E-state index is 12.4. The lowest BCUT2D eigenvalue weighted by Crippen LogP contribution is -2.22. The molecule has 1 aromatic heterocycles. The zero-order chi connectivity index (χ0) is 25.5. The smallest absolute Gasteiger partial charge is 0.250 e. The molecule has 0 unspecified atom stereocenters. The van der Waals surface area contributed by atoms with Gasteiger partial charge in [-0.15, -0.1) is 10.2 Å². The standard InChI is InChI=1S/C26H23N5O4S/c1-17-3-11-21(12-4-17)31-24(19-9-13-22(35-2)14-10-19)29-30-26(31)36-16-23(32)28-27-15-18-5-7-20(8-6-18)25(33)34/h3-15H,16H2,1-2H3,(H,28,32)(H,33,34)/p-1. The van der Waals surface area contributed by atoms with E-state index in [0.29, 0.717) is 16.5 Å². The molecule has 0 saturated heterocycles. The van der Waals surface area contributed by atoms with E-state index in [9.17, 15) is 14.7 Å². The maximum Gasteiger partial charge on any atom is 0.250 e. The summed E-state index contributed by atoms with van der Waals surface area (Å²) in [7, 11) is 1.61. The number of rotatable bonds is 9. The minimum atomic E-state index is -1.25. The number of carbonyl (C=O) groups is 2. The molecule has 0 aliphatic carbocycles. The zero-order valence-corrected chi connectivity index (χ0v) is 20.4. The Morgan fingerprint density at radius 1 is 1.03 bits per heavy atom. The van der Waals surface area contributed by atoms with E-state index in [4.69, 9.17) is 4.74 Å². The normalized spacial score (nSPS) is 10.9. The molecule has 182 valence electrons. The highest BCUT2D eigenvalue weighted by molar-refractivity contribution is 7.99. The molecule has 1 heterocycles. The van der Waals surface area contributed by atoms with Gasteiger partial charge in [0.05, 0.1) is 25.0 Å². The number of aryl methyl sites for hydroxylation is 1. The van der Waals surface area contributed by atoms with Gasteiger partial charge < -0.3 is 14.6 Å². The van der Waals surface area contributed by atoms with Crippen LogP contribution in [0.25, 0.3) is 17.1 Å². The lowest BCUT2D eigenvalue weighted by molar-refractivity contribution is -0.255. The molecule has 1 N–H and O–H groups in total. The van der Waals surface area contributed by atoms with Crippen molar-refractivity contribution in [1.29, 1.82) is 0 Å². The number of carboxylic acids is 1. The van der Waals surface area contributed by atoms with E-state index in [1.807, 2.05) is 60.0 Å². The van der Waals surface area contributed by atoms with Gasteiger partial charge in [0.1, 0.15) is 5.75 Å². The highest BCUT2D eigenvalue weighted by atomic mass is 32.2. The van der Waals surface area contributed by atoms with Gasteiger partial charge >= 0.3 is 0 Å². The Kier molecular flexibility index (Phi) is 7.76. The number of hydrogen-bond acceptors (Lipinski definition) is 8. The molecule has 9 nitrogen and oxygen atoms in total. The summed E-state index contributed by atoms with van der Waals surface area (Å²) in [5.41, 5.74) is 6.02. The fourth-order valence-electron chi connectivity index (χ4n) is 3.26. The summed E-state index contributed by atoms with van der Waals surface area (Å²) in [6, 6.07) is 21.4. The van der Waals surface area contributed by atoms with Crippen molar-refractivity contribution in [2.75, 3.05) is 12.9 Å². The first-order valence-electron chi connectivity index (χ1n) is 10.9. The summed E-state index contributed by atoms with van der Waals surface area (Å²) >= 11 is 1.24. The predicted molar refractivity (Wildman–Crippen MR) is 135 cm³/mol. The Labute approximate surface area is 211 Å². The van der Waals surface area contributed by atoms with Crippen LogP contribution in [0.4, 0.5) is 0 Å². The number of carbonyl (C=O) groups excluding carboxylic acids is 2. The van der Waals surface area contributed by atoms with Crippen LogP contribution < -0.4 is 15.3 Å². The van der Waals surface area contributed by atoms with E-state index in [2.05, 4.69) is 20.7 Å². The van der Waals surface area contributed by atoms with Crippen LogP contribution in [-0.4, -0.2) is 45.7 Å². The van der Waals surface area contributed by atoms with Crippen molar-refractivity contribution in [1.82, 2.24) is 20.2 Å². The lowest BCUT2D eigenvalue weighted by atomic mass is 10.1. The first-order chi connectivity index (χ1) is 17.4. The number of amides is 1. The average molecular weight is 501 g/mol. The third kappa shape index (κ3) is 5.97. The van der Waals surface area contributed by atoms with E-state index in [-0.39, 0.29) is 17.2 Å². The number of benzene rings is 3. The molecule has 1 amide bonds. The third-order valence-corrected chi connectivity index (χ3v) is 6.08. The molecule has 4 rings (SSSR count). The van der Waals surface area contributed by atoms with Crippen LogP contribution in [-0.2, 0) is 4.79 Å². The minimum Gasteiger partial charge on any atom is -0.545 e. The quantitative estimate of drug-likeness (QED) is 0.213. The Morgan fingerprint density at radius 3 is 2.36 bits per heavy atom. The van der Waals surface area contributed by atoms with E-state index in [0.717, 1.165) is 22.6 Å². The van der Waals surface area contributed by atoms with Crippen molar-refractivity contribution in [3.63, 3.8) is 0 Å². The molecular formula is C26H22N5O4S-. The fraction of sp³-hybridized carbons (Fsp3) is 0.115. The van der Waals surface area contributed by atoms with Gasteiger partial charge in [0.2, 0.25) is 0 Å². The van der Waals surface area contributed by atoms with Gasteiger partial charge in [-0.05, 0) is 54.4 Å². The highest BCUT2D eigenvalue weighted by Gasteiger charge is 2.17. The number of methoxy groups -OCH3 is 1. The number of carboxylic acid groups (broad SMARTS) is 1. The molecule has 0 saturated carbocycles. The van der Waals surface area contributed by atoms with Crippen LogP contribution in [0.1, 0.15) is 21.5 Å². The largest absolute Gasteiger partial charge is 0.545 e. The van der Waals surface area contributed by atoms with Crippen LogP contribution in [0.15, 0.2) is 83.1 Å². The molecule has 0 radical (unpaired) electrons. The topological polar surface area (TPSA) is 122 Å². The average Bonchev–Trinajstić information content (AvgIpc) is 3.32. The first kappa shape index (κ1) is 24.7. The summed E-state index contributed by atoms with van der Waals surface area (Å²) in [6.45, 7) is 2.01. The van der Waals surface area contributed by atoms with Gasteiger partial charge in [-0.2, -0.15) is 5.10 Å². The molecule has 36 heavy (non-hydrogen) atoms. The van der Waals surface area contributed by atoms with E-state index in [1.165, 1.54) is 30.1 Å². The van der Waals surface area contributed by atoms with E-state index in [1.54, 1.807) is 19.2 Å². The van der Waals surface area contributed by atoms with Crippen molar-refractivity contribution < 1.29 is 19.4 Å². The monoisotopic (exact) mass is 500 g/mol. The predicted octanol–water partition coefficient (Wildman–Crippen LogP) is 2.86. The molecular weight excluding hydrogens is 478 g/mol. The van der Waals surface area contributed by atoms with Crippen LogP contribution in [0.2, 0.25) is 0 Å². The molecule has 0 fully saturated rings. The van der Waals surface area contributed by atoms with Crippen molar-refractivity contribution in [3.8, 4) is 22.8 Å². The maximum absolute atomic E-state index is 12.4. The number of nitrogens with zero attached hydrogens (tertiary/aromatic N) is 4. The fourth-order valence-corrected chi connectivity index (χ4v) is 4.01. The second-order valence-corrected chi connectivity index (χ2v) is 8.64. The van der Waals surface area contributed by atoms with Gasteiger partial charge in [0.15, 0.2) is 11.0 Å².